The molecule has 0 radical (unpaired) electrons. The molecule has 0 saturated heterocycles. The Morgan fingerprint density at radius 1 is 1.07 bits per heavy atom. The molecule has 0 aliphatic rings. The summed E-state index contributed by atoms with van der Waals surface area (Å²) >= 11 is 16.3. The van der Waals surface area contributed by atoms with Crippen LogP contribution in [0.15, 0.2) is 62.3 Å². The molecule has 3 rings (SSSR count). The van der Waals surface area contributed by atoms with Gasteiger partial charge in [0.2, 0.25) is 0 Å². The lowest BCUT2D eigenvalue weighted by molar-refractivity contribution is -0.118. The molecule has 2 aromatic carbocycles. The van der Waals surface area contributed by atoms with Gasteiger partial charge in [-0.3, -0.25) is 4.79 Å². The van der Waals surface area contributed by atoms with Crippen molar-refractivity contribution in [1.82, 2.24) is 15.6 Å². The Kier molecular flexibility index (Phi) is 8.17. The average molecular weight is 469 g/mol. The van der Waals surface area contributed by atoms with Crippen molar-refractivity contribution in [2.75, 3.05) is 5.75 Å². The number of rotatable bonds is 8. The van der Waals surface area contributed by atoms with Crippen molar-refractivity contribution in [2.45, 2.75) is 14.4 Å². The molecular weight excluding hydrogens is 455 g/mol. The van der Waals surface area contributed by atoms with Gasteiger partial charge in [-0.15, -0.1) is 10.2 Å². The van der Waals surface area contributed by atoms with E-state index in [1.807, 2.05) is 36.4 Å². The van der Waals surface area contributed by atoms with Gasteiger partial charge in [-0.25, -0.2) is 5.43 Å². The zero-order valence-corrected chi connectivity index (χ0v) is 18.3. The third-order valence-electron chi connectivity index (χ3n) is 3.30. The molecule has 1 aromatic heterocycles. The van der Waals surface area contributed by atoms with Crippen LogP contribution in [0.25, 0.3) is 0 Å². The molecule has 1 amide bonds. The maximum absolute atomic E-state index is 11.9. The van der Waals surface area contributed by atoms with Crippen molar-refractivity contribution >= 4 is 70.2 Å². The second kappa shape index (κ2) is 10.8. The van der Waals surface area contributed by atoms with Gasteiger partial charge >= 0.3 is 0 Å². The van der Waals surface area contributed by atoms with Crippen LogP contribution in [0.2, 0.25) is 10.0 Å². The standard InChI is InChI=1S/C18H14Cl2N4OS3/c19-14-7-5-12(6-8-14)9-21-22-16(25)11-27-18-24-23-17(28-18)26-10-13-3-1-2-4-15(13)20/h1-9H,10-11H2,(H,22,25)/b21-9+. The van der Waals surface area contributed by atoms with Crippen LogP contribution < -0.4 is 5.43 Å². The van der Waals surface area contributed by atoms with Crippen molar-refractivity contribution < 1.29 is 4.79 Å². The molecule has 0 fully saturated rings. The number of hydrogen-bond donors (Lipinski definition) is 1. The Morgan fingerprint density at radius 2 is 1.79 bits per heavy atom. The Bertz CT molecular complexity index is 963. The molecule has 1 N–H and O–H groups in total. The summed E-state index contributed by atoms with van der Waals surface area (Å²) in [4.78, 5) is 11.9. The number of hydrazone groups is 1. The molecule has 3 aromatic rings. The Hall–Kier alpha value is -1.58. The minimum atomic E-state index is -0.212. The van der Waals surface area contributed by atoms with E-state index in [0.717, 1.165) is 30.6 Å². The number of nitrogens with zero attached hydrogens (tertiary/aromatic N) is 3. The van der Waals surface area contributed by atoms with Gasteiger partial charge in [0.1, 0.15) is 0 Å². The van der Waals surface area contributed by atoms with Crippen molar-refractivity contribution in [3.8, 4) is 0 Å². The highest BCUT2D eigenvalue weighted by molar-refractivity contribution is 8.03. The summed E-state index contributed by atoms with van der Waals surface area (Å²) in [5.74, 6) is 0.719. The summed E-state index contributed by atoms with van der Waals surface area (Å²) in [5, 5.41) is 13.6. The second-order valence-electron chi connectivity index (χ2n) is 5.35. The predicted octanol–water partition coefficient (Wildman–Crippen LogP) is 5.38. The van der Waals surface area contributed by atoms with Crippen LogP contribution in [-0.4, -0.2) is 28.1 Å². The lowest BCUT2D eigenvalue weighted by Crippen LogP contribution is -2.19. The van der Waals surface area contributed by atoms with Gasteiger partial charge in [0, 0.05) is 15.8 Å². The third-order valence-corrected chi connectivity index (χ3v) is 7.16. The SMILES string of the molecule is O=C(CSc1nnc(SCc2ccccc2Cl)s1)N/N=C/c1ccc(Cl)cc1. The number of hydrogen-bond acceptors (Lipinski definition) is 7. The van der Waals surface area contributed by atoms with E-state index in [1.54, 1.807) is 30.1 Å². The van der Waals surface area contributed by atoms with Crippen molar-refractivity contribution in [3.63, 3.8) is 0 Å². The van der Waals surface area contributed by atoms with Crippen LogP contribution >= 0.6 is 58.1 Å². The van der Waals surface area contributed by atoms with Gasteiger partial charge < -0.3 is 0 Å². The lowest BCUT2D eigenvalue weighted by atomic mass is 10.2. The number of thioether (sulfide) groups is 2. The van der Waals surface area contributed by atoms with Crippen molar-refractivity contribution in [2.24, 2.45) is 5.10 Å². The lowest BCUT2D eigenvalue weighted by Gasteiger charge is -2.00. The van der Waals surface area contributed by atoms with Crippen LogP contribution in [0.1, 0.15) is 11.1 Å². The number of halogens is 2. The smallest absolute Gasteiger partial charge is 0.250 e. The van der Waals surface area contributed by atoms with Gasteiger partial charge in [0.15, 0.2) is 8.68 Å². The summed E-state index contributed by atoms with van der Waals surface area (Å²) in [6.45, 7) is 0. The van der Waals surface area contributed by atoms with E-state index in [4.69, 9.17) is 23.2 Å². The Morgan fingerprint density at radius 3 is 2.54 bits per heavy atom. The minimum absolute atomic E-state index is 0.210. The molecular formula is C18H14Cl2N4OS3. The number of benzene rings is 2. The molecule has 0 aliphatic carbocycles. The summed E-state index contributed by atoms with van der Waals surface area (Å²) in [7, 11) is 0. The third kappa shape index (κ3) is 6.79. The molecule has 28 heavy (non-hydrogen) atoms. The Balaban J connectivity index is 1.41. The summed E-state index contributed by atoms with van der Waals surface area (Å²) in [6.07, 6.45) is 1.56. The predicted molar refractivity (Wildman–Crippen MR) is 119 cm³/mol. The quantitative estimate of drug-likeness (QED) is 0.273. The maximum atomic E-state index is 11.9. The minimum Gasteiger partial charge on any atom is -0.272 e. The molecule has 5 nitrogen and oxygen atoms in total. The topological polar surface area (TPSA) is 67.2 Å². The molecule has 0 saturated carbocycles. The van der Waals surface area contributed by atoms with E-state index in [9.17, 15) is 4.79 Å². The molecule has 0 atom stereocenters. The summed E-state index contributed by atoms with van der Waals surface area (Å²) in [5.41, 5.74) is 4.39. The van der Waals surface area contributed by atoms with Crippen LogP contribution in [-0.2, 0) is 10.5 Å². The summed E-state index contributed by atoms with van der Waals surface area (Å²) in [6, 6.07) is 14.9. The number of carbonyl (C=O) groups excluding carboxylic acids is 1. The normalized spacial score (nSPS) is 11.1. The van der Waals surface area contributed by atoms with Crippen molar-refractivity contribution in [3.05, 3.63) is 69.7 Å². The number of aromatic nitrogens is 2. The molecule has 0 aliphatic heterocycles. The van der Waals surface area contributed by atoms with Crippen LogP contribution in [0.4, 0.5) is 0 Å². The first-order valence-electron chi connectivity index (χ1n) is 8.00. The van der Waals surface area contributed by atoms with E-state index in [-0.39, 0.29) is 11.7 Å². The number of carbonyl (C=O) groups is 1. The fraction of sp³-hybridized carbons (Fsp3) is 0.111. The zero-order chi connectivity index (χ0) is 19.8. The first kappa shape index (κ1) is 21.1. The van der Waals surface area contributed by atoms with Gasteiger partial charge in [-0.1, -0.05) is 88.4 Å². The van der Waals surface area contributed by atoms with Gasteiger partial charge in [0.25, 0.3) is 5.91 Å². The summed E-state index contributed by atoms with van der Waals surface area (Å²) < 4.78 is 1.57. The molecule has 0 bridgehead atoms. The first-order chi connectivity index (χ1) is 13.6. The van der Waals surface area contributed by atoms with Crippen LogP contribution in [0.3, 0.4) is 0 Å². The van der Waals surface area contributed by atoms with Gasteiger partial charge in [-0.2, -0.15) is 5.10 Å². The van der Waals surface area contributed by atoms with E-state index >= 15 is 0 Å². The number of nitrogens with one attached hydrogen (secondary N) is 1. The maximum Gasteiger partial charge on any atom is 0.250 e. The molecule has 144 valence electrons. The highest BCUT2D eigenvalue weighted by Gasteiger charge is 2.09. The monoisotopic (exact) mass is 468 g/mol. The van der Waals surface area contributed by atoms with Crippen molar-refractivity contribution in [1.29, 1.82) is 0 Å². The largest absolute Gasteiger partial charge is 0.272 e. The average Bonchev–Trinajstić information content (AvgIpc) is 3.15. The fourth-order valence-corrected chi connectivity index (χ4v) is 5.18. The van der Waals surface area contributed by atoms with E-state index in [2.05, 4.69) is 20.7 Å². The van der Waals surface area contributed by atoms with E-state index in [0.29, 0.717) is 5.02 Å². The molecule has 0 spiro atoms. The molecule has 1 heterocycles. The van der Waals surface area contributed by atoms with Gasteiger partial charge in [-0.05, 0) is 29.3 Å². The Labute approximate surface area is 184 Å². The fourth-order valence-electron chi connectivity index (χ4n) is 1.96. The first-order valence-corrected chi connectivity index (χ1v) is 11.5. The number of amides is 1. The van der Waals surface area contributed by atoms with Gasteiger partial charge in [0.05, 0.1) is 12.0 Å². The second-order valence-corrected chi connectivity index (χ2v) is 9.61. The van der Waals surface area contributed by atoms with E-state index < -0.39 is 0 Å². The highest BCUT2D eigenvalue weighted by atomic mass is 35.5. The molecule has 0 unspecified atom stereocenters. The van der Waals surface area contributed by atoms with Crippen LogP contribution in [0.5, 0.6) is 0 Å². The van der Waals surface area contributed by atoms with Crippen LogP contribution in [0, 0.1) is 0 Å². The van der Waals surface area contributed by atoms with E-state index in [1.165, 1.54) is 23.1 Å². The zero-order valence-electron chi connectivity index (χ0n) is 14.3. The molecule has 10 heteroatoms. The highest BCUT2D eigenvalue weighted by Crippen LogP contribution is 2.32.